The van der Waals surface area contributed by atoms with E-state index in [2.05, 4.69) is 4.52 Å². The largest absolute Gasteiger partial charge is 0.472 e. The molecule has 0 saturated carbocycles. The van der Waals surface area contributed by atoms with E-state index in [-0.39, 0.29) is 6.54 Å². The van der Waals surface area contributed by atoms with E-state index in [1.54, 1.807) is 0 Å². The highest BCUT2D eigenvalue weighted by atomic mass is 31.2. The Bertz CT molecular complexity index is 2390. The van der Waals surface area contributed by atoms with E-state index < -0.39 is 313 Å². The number of hydrogen-bond donors (Lipinski definition) is 27. The van der Waals surface area contributed by atoms with Crippen LogP contribution in [-0.4, -0.2) is 439 Å². The first kappa shape index (κ1) is 80.2. The molecule has 0 bridgehead atoms. The Morgan fingerprint density at radius 3 is 1.03 bits per heavy atom. The van der Waals surface area contributed by atoms with Crippen LogP contribution in [0.4, 0.5) is 0 Å². The zero-order valence-electron chi connectivity index (χ0n) is 50.3. The SMILES string of the molecule is NCCOP(=O)(O)OC[C@H]1O[C@H](O[C@@H]2[C@@H](OC[C@H]3O[C@H](O[C@H]4[C@H](O)[C@@H](N)[C@@H](O)O[C@@H]4CO)[C@@H](O)[C@@H](O[C@H]4O[C@H](CO[C@H]5O[C@H](CO)[C@H](O)[C@H](O)[C@H]5O[C@H]5O[C@H](CO)[C@H](O)[C@H](O)[C@H]5O)[C@H](O)[C@H](O)[C@H]4O[C@H]4O[C@H](CO)[C@H](O)[C@H](O)[C@H]4O)[C@@H]3O)O[C@H](CO)[C@@H](O)[C@@H]2O)[C@@H](O)[C@@H](O)[C@@H]1O. The molecule has 8 aliphatic rings. The van der Waals surface area contributed by atoms with Gasteiger partial charge < -0.3 is 210 Å². The third-order valence-electron chi connectivity index (χ3n) is 17.3. The van der Waals surface area contributed by atoms with Crippen molar-refractivity contribution in [3.63, 3.8) is 0 Å². The van der Waals surface area contributed by atoms with Crippen LogP contribution < -0.4 is 11.5 Å². The Morgan fingerprint density at radius 2 is 0.615 bits per heavy atom. The monoisotopic (exact) mass is 1440 g/mol. The van der Waals surface area contributed by atoms with Crippen LogP contribution in [0.3, 0.4) is 0 Å². The van der Waals surface area contributed by atoms with Gasteiger partial charge in [0, 0.05) is 6.54 Å². The number of hydrogen-bond acceptors (Lipinski definition) is 44. The van der Waals surface area contributed by atoms with Crippen LogP contribution in [0.5, 0.6) is 0 Å². The first-order chi connectivity index (χ1) is 45.4. The molecular weight excluding hydrogens is 1350 g/mol. The summed E-state index contributed by atoms with van der Waals surface area (Å²) in [5.41, 5.74) is 11.3. The summed E-state index contributed by atoms with van der Waals surface area (Å²) in [6.45, 7) is -9.13. The number of ether oxygens (including phenoxy) is 15. The van der Waals surface area contributed by atoms with Crippen molar-refractivity contribution in [2.45, 2.75) is 246 Å². The molecule has 8 aliphatic heterocycles. The van der Waals surface area contributed by atoms with Crippen molar-refractivity contribution in [3.8, 4) is 0 Å². The Balaban J connectivity index is 1.11. The molecule has 0 amide bonds. The quantitative estimate of drug-likeness (QED) is 0.0340. The highest BCUT2D eigenvalue weighted by molar-refractivity contribution is 7.47. The van der Waals surface area contributed by atoms with Crippen molar-refractivity contribution >= 4 is 7.82 Å². The molecule has 0 aromatic carbocycles. The van der Waals surface area contributed by atoms with Crippen molar-refractivity contribution in [1.29, 1.82) is 0 Å². The van der Waals surface area contributed by atoms with Crippen molar-refractivity contribution in [1.82, 2.24) is 0 Å². The van der Waals surface area contributed by atoms with Crippen LogP contribution in [0.25, 0.3) is 0 Å². The summed E-state index contributed by atoms with van der Waals surface area (Å²) >= 11 is 0. The van der Waals surface area contributed by atoms with Crippen LogP contribution in [0.15, 0.2) is 0 Å². The lowest BCUT2D eigenvalue weighted by molar-refractivity contribution is -0.402. The lowest BCUT2D eigenvalue weighted by Gasteiger charge is -2.50. The van der Waals surface area contributed by atoms with Gasteiger partial charge in [-0.15, -0.1) is 0 Å². The van der Waals surface area contributed by atoms with Gasteiger partial charge in [0.05, 0.1) is 65.5 Å². The Kier molecular flexibility index (Phi) is 29.1. The fraction of sp³-hybridized carbons (Fsp3) is 1.00. The van der Waals surface area contributed by atoms with E-state index in [1.165, 1.54) is 0 Å². The molecule has 8 saturated heterocycles. The minimum absolute atomic E-state index is 0.231. The minimum atomic E-state index is -4.90. The van der Waals surface area contributed by atoms with Gasteiger partial charge in [0.15, 0.2) is 50.3 Å². The lowest BCUT2D eigenvalue weighted by atomic mass is 9.95. The lowest BCUT2D eigenvalue weighted by Crippen LogP contribution is -2.69. The highest BCUT2D eigenvalue weighted by Gasteiger charge is 2.59. The van der Waals surface area contributed by atoms with Crippen LogP contribution in [0.2, 0.25) is 0 Å². The predicted octanol–water partition coefficient (Wildman–Crippen LogP) is -18.4. The summed E-state index contributed by atoms with van der Waals surface area (Å²) in [5.74, 6) is 0. The highest BCUT2D eigenvalue weighted by Crippen LogP contribution is 2.44. The summed E-state index contributed by atoms with van der Waals surface area (Å²) < 4.78 is 108. The molecule has 8 rings (SSSR count). The summed E-state index contributed by atoms with van der Waals surface area (Å²) in [4.78, 5) is 10.1. The average Bonchev–Trinajstić information content (AvgIpc) is 0.780. The van der Waals surface area contributed by atoms with Crippen molar-refractivity contribution < 1.29 is 212 Å². The molecule has 96 heavy (non-hydrogen) atoms. The van der Waals surface area contributed by atoms with Gasteiger partial charge in [-0.2, -0.15) is 0 Å². The smallest absolute Gasteiger partial charge is 0.394 e. The zero-order chi connectivity index (χ0) is 70.7. The Morgan fingerprint density at radius 1 is 0.302 bits per heavy atom. The molecule has 41 atom stereocenters. The van der Waals surface area contributed by atoms with Gasteiger partial charge >= 0.3 is 7.82 Å². The third-order valence-corrected chi connectivity index (χ3v) is 18.3. The molecule has 1 unspecified atom stereocenters. The Labute approximate surface area is 542 Å². The van der Waals surface area contributed by atoms with Gasteiger partial charge in [0.1, 0.15) is 189 Å². The molecule has 8 fully saturated rings. The van der Waals surface area contributed by atoms with Crippen molar-refractivity contribution in [2.24, 2.45) is 11.5 Å². The number of phosphoric acid groups is 1. The van der Waals surface area contributed by atoms with Gasteiger partial charge in [0.2, 0.25) is 0 Å². The van der Waals surface area contributed by atoms with Crippen LogP contribution in [0, 0.1) is 0 Å². The fourth-order valence-corrected chi connectivity index (χ4v) is 12.4. The molecular formula is C50H89N2O43P. The molecule has 0 spiro atoms. The van der Waals surface area contributed by atoms with E-state index >= 15 is 0 Å². The van der Waals surface area contributed by atoms with E-state index in [0.717, 1.165) is 0 Å². The molecule has 0 aromatic rings. The normalized spacial score (nSPS) is 51.2. The maximum absolute atomic E-state index is 12.4. The first-order valence-electron chi connectivity index (χ1n) is 30.2. The summed E-state index contributed by atoms with van der Waals surface area (Å²) in [6, 6.07) is -1.71. The molecule has 0 aliphatic carbocycles. The summed E-state index contributed by atoms with van der Waals surface area (Å²) in [6.07, 6.45) is -81.9. The van der Waals surface area contributed by atoms with Gasteiger partial charge in [-0.25, -0.2) is 4.57 Å². The zero-order valence-corrected chi connectivity index (χ0v) is 51.2. The molecule has 0 radical (unpaired) electrons. The van der Waals surface area contributed by atoms with E-state index in [1.807, 2.05) is 0 Å². The van der Waals surface area contributed by atoms with E-state index in [4.69, 9.17) is 87.0 Å². The van der Waals surface area contributed by atoms with Crippen molar-refractivity contribution in [2.75, 3.05) is 66.0 Å². The van der Waals surface area contributed by atoms with Gasteiger partial charge in [0.25, 0.3) is 0 Å². The second kappa shape index (κ2) is 34.8. The van der Waals surface area contributed by atoms with E-state index in [0.29, 0.717) is 0 Å². The minimum Gasteiger partial charge on any atom is -0.394 e. The molecule has 45 nitrogen and oxygen atoms in total. The van der Waals surface area contributed by atoms with E-state index in [9.17, 15) is 132 Å². The predicted molar refractivity (Wildman–Crippen MR) is 290 cm³/mol. The second-order valence-electron chi connectivity index (χ2n) is 23.7. The van der Waals surface area contributed by atoms with Crippen LogP contribution in [-0.2, 0) is 84.7 Å². The summed E-state index contributed by atoms with van der Waals surface area (Å²) in [7, 11) is -4.90. The molecule has 562 valence electrons. The third kappa shape index (κ3) is 17.6. The van der Waals surface area contributed by atoms with Crippen LogP contribution >= 0.6 is 7.82 Å². The number of aliphatic hydroxyl groups excluding tert-OH is 24. The molecule has 8 heterocycles. The first-order valence-corrected chi connectivity index (χ1v) is 31.7. The molecule has 0 aromatic heterocycles. The number of aliphatic hydroxyl groups is 24. The molecule has 46 heteroatoms. The van der Waals surface area contributed by atoms with Gasteiger partial charge in [-0.3, -0.25) is 9.05 Å². The van der Waals surface area contributed by atoms with Gasteiger partial charge in [-0.05, 0) is 0 Å². The van der Waals surface area contributed by atoms with Crippen LogP contribution in [0.1, 0.15) is 0 Å². The number of nitrogens with two attached hydrogens (primary N) is 2. The second-order valence-corrected chi connectivity index (χ2v) is 25.2. The van der Waals surface area contributed by atoms with Crippen molar-refractivity contribution in [3.05, 3.63) is 0 Å². The Hall–Kier alpha value is -1.53. The standard InChI is InChI=1S/C50H89N2O43P/c51-1-2-81-96(77,78)82-10-18-24(62)30(68)36(74)46(89-18)94-41-32(70)23(61)14(6-56)87-49(41)80-9-17-26(64)39(37(75)47(88-17)91-38-15(7-57)83-43(76)19(52)27(38)65)92-50-42(95-45-35(73)29(67)21(59)12(4-54)85-45)33(71)25(63)16(90-50)8-79-48-40(31(69)22(60)13(5-55)86-48)93-44-34(72)28(66)20(58)11(3-53)84-44/h11-50,53-76H,1-10,51-52H2,(H,77,78)/t11-,12-,13-,14-,15-,16-,17-,18-,19-,20+,21+,22+,23-,24-,25+,26-,27-,28+,29+,30+,31+,32+,33+,34-,35-,36+,37+,38-,39+,40-,41+,42-,43+,44-,45-,46-,47-,48+,49+,50-/m1/s1. The van der Waals surface area contributed by atoms with Gasteiger partial charge in [-0.1, -0.05) is 0 Å². The topological polar surface area (TPSA) is 732 Å². The average molecular weight is 1440 g/mol. The number of rotatable bonds is 27. The summed E-state index contributed by atoms with van der Waals surface area (Å²) in [5, 5.41) is 262. The number of phosphoric ester groups is 1. The maximum atomic E-state index is 12.4. The fourth-order valence-electron chi connectivity index (χ4n) is 11.6. The maximum Gasteiger partial charge on any atom is 0.472 e. The molecule has 29 N–H and O–H groups in total.